The zero-order chi connectivity index (χ0) is 13.6. The number of nitrogens with zero attached hydrogens (tertiary/aromatic N) is 1. The SMILES string of the molecule is CC(C)(C)OC(=O)N1CC2CCC1(C(=O)O)CN2. The molecule has 6 heteroatoms. The summed E-state index contributed by atoms with van der Waals surface area (Å²) in [6.07, 6.45) is 0.737. The summed E-state index contributed by atoms with van der Waals surface area (Å²) >= 11 is 0. The van der Waals surface area contributed by atoms with E-state index in [4.69, 9.17) is 4.74 Å². The molecule has 3 aliphatic rings. The summed E-state index contributed by atoms with van der Waals surface area (Å²) in [7, 11) is 0. The molecule has 18 heavy (non-hydrogen) atoms. The minimum atomic E-state index is -1.14. The Balaban J connectivity index is 2.21. The van der Waals surface area contributed by atoms with E-state index in [0.717, 1.165) is 6.42 Å². The summed E-state index contributed by atoms with van der Waals surface area (Å²) in [5, 5.41) is 12.6. The second-order valence-corrected chi connectivity index (χ2v) is 6.04. The van der Waals surface area contributed by atoms with Crippen LogP contribution in [0.3, 0.4) is 0 Å². The third-order valence-corrected chi connectivity index (χ3v) is 3.52. The van der Waals surface area contributed by atoms with Crippen molar-refractivity contribution in [2.45, 2.75) is 50.8 Å². The predicted octanol–water partition coefficient (Wildman–Crippen LogP) is 0.812. The van der Waals surface area contributed by atoms with Gasteiger partial charge in [0.25, 0.3) is 0 Å². The van der Waals surface area contributed by atoms with Crippen molar-refractivity contribution < 1.29 is 19.4 Å². The van der Waals surface area contributed by atoms with E-state index in [1.165, 1.54) is 4.90 Å². The average Bonchev–Trinajstić information content (AvgIpc) is 2.28. The molecule has 3 aliphatic heterocycles. The maximum atomic E-state index is 12.1. The first kappa shape index (κ1) is 13.1. The summed E-state index contributed by atoms with van der Waals surface area (Å²) in [4.78, 5) is 25.0. The van der Waals surface area contributed by atoms with Crippen molar-refractivity contribution in [3.05, 3.63) is 0 Å². The van der Waals surface area contributed by atoms with E-state index in [9.17, 15) is 14.7 Å². The number of carbonyl (C=O) groups excluding carboxylic acids is 1. The fourth-order valence-electron chi connectivity index (χ4n) is 2.56. The van der Waals surface area contributed by atoms with Crippen molar-refractivity contribution in [2.24, 2.45) is 0 Å². The van der Waals surface area contributed by atoms with Gasteiger partial charge in [-0.15, -0.1) is 0 Å². The molecule has 2 atom stereocenters. The van der Waals surface area contributed by atoms with E-state index in [2.05, 4.69) is 5.32 Å². The number of carboxylic acids is 1. The summed E-state index contributed by atoms with van der Waals surface area (Å²) in [5.41, 5.74) is -1.75. The molecule has 2 N–H and O–H groups in total. The number of nitrogens with one attached hydrogen (secondary N) is 1. The molecule has 102 valence electrons. The van der Waals surface area contributed by atoms with Crippen molar-refractivity contribution in [2.75, 3.05) is 13.1 Å². The van der Waals surface area contributed by atoms with Gasteiger partial charge in [-0.05, 0) is 33.6 Å². The number of hydrogen-bond acceptors (Lipinski definition) is 4. The van der Waals surface area contributed by atoms with E-state index in [0.29, 0.717) is 19.5 Å². The first-order valence-electron chi connectivity index (χ1n) is 6.22. The Morgan fingerprint density at radius 3 is 2.56 bits per heavy atom. The number of aliphatic carboxylic acids is 1. The van der Waals surface area contributed by atoms with Crippen molar-refractivity contribution >= 4 is 12.1 Å². The number of piperidine rings is 2. The zero-order valence-electron chi connectivity index (χ0n) is 11.0. The molecular formula is C12H20N2O4. The molecule has 1 amide bonds. The Morgan fingerprint density at radius 1 is 1.44 bits per heavy atom. The minimum Gasteiger partial charge on any atom is -0.479 e. The second-order valence-electron chi connectivity index (χ2n) is 6.04. The van der Waals surface area contributed by atoms with Crippen molar-refractivity contribution in [3.8, 4) is 0 Å². The van der Waals surface area contributed by atoms with Gasteiger partial charge in [0, 0.05) is 19.1 Å². The standard InChI is InChI=1S/C12H20N2O4/c1-11(2,3)18-10(17)14-6-8-4-5-12(14,7-13-8)9(15)16/h8,13H,4-7H2,1-3H3,(H,15,16). The number of piperazine rings is 1. The zero-order valence-corrected chi connectivity index (χ0v) is 11.0. The first-order valence-corrected chi connectivity index (χ1v) is 6.22. The molecular weight excluding hydrogens is 236 g/mol. The van der Waals surface area contributed by atoms with Crippen molar-refractivity contribution in [3.63, 3.8) is 0 Å². The molecule has 0 saturated carbocycles. The number of carboxylic acid groups (broad SMARTS) is 1. The van der Waals surface area contributed by atoms with Crippen LogP contribution in [-0.4, -0.2) is 52.3 Å². The lowest BCUT2D eigenvalue weighted by Gasteiger charge is -2.51. The molecule has 0 aromatic heterocycles. The monoisotopic (exact) mass is 256 g/mol. The summed E-state index contributed by atoms with van der Waals surface area (Å²) in [6, 6.07) is 0.179. The van der Waals surface area contributed by atoms with Crippen LogP contribution in [0, 0.1) is 0 Å². The quantitative estimate of drug-likeness (QED) is 0.726. The normalized spacial score (nSPS) is 31.3. The van der Waals surface area contributed by atoms with Crippen LogP contribution in [0.5, 0.6) is 0 Å². The lowest BCUT2D eigenvalue weighted by molar-refractivity contribution is -0.157. The highest BCUT2D eigenvalue weighted by molar-refractivity contribution is 5.85. The number of amides is 1. The largest absolute Gasteiger partial charge is 0.479 e. The molecule has 0 aliphatic carbocycles. The Hall–Kier alpha value is -1.30. The highest BCUT2D eigenvalue weighted by Gasteiger charge is 2.54. The number of hydrogen-bond donors (Lipinski definition) is 2. The summed E-state index contributed by atoms with van der Waals surface area (Å²) < 4.78 is 5.30. The van der Waals surface area contributed by atoms with Gasteiger partial charge < -0.3 is 15.2 Å². The molecule has 3 rings (SSSR count). The Bertz CT molecular complexity index is 367. The second kappa shape index (κ2) is 4.12. The molecule has 3 saturated heterocycles. The van der Waals surface area contributed by atoms with Gasteiger partial charge in [0.05, 0.1) is 0 Å². The van der Waals surface area contributed by atoms with Crippen LogP contribution in [0.15, 0.2) is 0 Å². The van der Waals surface area contributed by atoms with Crippen molar-refractivity contribution in [1.82, 2.24) is 10.2 Å². The third kappa shape index (κ3) is 2.16. The average molecular weight is 256 g/mol. The molecule has 2 unspecified atom stereocenters. The van der Waals surface area contributed by atoms with E-state index in [1.54, 1.807) is 20.8 Å². The lowest BCUT2D eigenvalue weighted by Crippen LogP contribution is -2.73. The minimum absolute atomic E-state index is 0.179. The first-order chi connectivity index (χ1) is 8.24. The highest BCUT2D eigenvalue weighted by Crippen LogP contribution is 2.34. The molecule has 0 radical (unpaired) electrons. The van der Waals surface area contributed by atoms with Gasteiger partial charge in [0.2, 0.25) is 0 Å². The number of rotatable bonds is 1. The summed E-state index contributed by atoms with van der Waals surface area (Å²) in [5.74, 6) is -0.959. The van der Waals surface area contributed by atoms with E-state index in [1.807, 2.05) is 0 Å². The van der Waals surface area contributed by atoms with Crippen LogP contribution >= 0.6 is 0 Å². The molecule has 3 fully saturated rings. The maximum Gasteiger partial charge on any atom is 0.411 e. The predicted molar refractivity (Wildman–Crippen MR) is 64.3 cm³/mol. The van der Waals surface area contributed by atoms with E-state index in [-0.39, 0.29) is 6.04 Å². The lowest BCUT2D eigenvalue weighted by atomic mass is 9.80. The van der Waals surface area contributed by atoms with Gasteiger partial charge in [0.1, 0.15) is 5.60 Å². The summed E-state index contributed by atoms with van der Waals surface area (Å²) in [6.45, 7) is 6.03. The van der Waals surface area contributed by atoms with E-state index < -0.39 is 23.2 Å². The third-order valence-electron chi connectivity index (χ3n) is 3.52. The van der Waals surface area contributed by atoms with Gasteiger partial charge in [0.15, 0.2) is 5.54 Å². The van der Waals surface area contributed by atoms with Gasteiger partial charge in [-0.2, -0.15) is 0 Å². The van der Waals surface area contributed by atoms with Gasteiger partial charge >= 0.3 is 12.1 Å². The smallest absolute Gasteiger partial charge is 0.411 e. The van der Waals surface area contributed by atoms with Crippen LogP contribution in [0.1, 0.15) is 33.6 Å². The molecule has 0 spiro atoms. The Morgan fingerprint density at radius 2 is 2.11 bits per heavy atom. The van der Waals surface area contributed by atoms with Crippen molar-refractivity contribution in [1.29, 1.82) is 0 Å². The molecule has 2 bridgehead atoms. The van der Waals surface area contributed by atoms with Gasteiger partial charge in [-0.3, -0.25) is 4.90 Å². The van der Waals surface area contributed by atoms with Crippen LogP contribution < -0.4 is 5.32 Å². The number of carbonyl (C=O) groups is 2. The fourth-order valence-corrected chi connectivity index (χ4v) is 2.56. The molecule has 0 aromatic carbocycles. The van der Waals surface area contributed by atoms with Crippen LogP contribution in [-0.2, 0) is 9.53 Å². The van der Waals surface area contributed by atoms with E-state index >= 15 is 0 Å². The van der Waals surface area contributed by atoms with Crippen LogP contribution in [0.4, 0.5) is 4.79 Å². The van der Waals surface area contributed by atoms with Crippen LogP contribution in [0.2, 0.25) is 0 Å². The molecule has 0 aromatic rings. The number of fused-ring (bicyclic) bond motifs is 3. The Labute approximate surface area is 106 Å². The Kier molecular flexibility index (Phi) is 3.01. The fraction of sp³-hybridized carbons (Fsp3) is 0.833. The topological polar surface area (TPSA) is 78.9 Å². The number of ether oxygens (including phenoxy) is 1. The maximum absolute atomic E-state index is 12.1. The molecule has 6 nitrogen and oxygen atoms in total. The molecule has 3 heterocycles. The van der Waals surface area contributed by atoms with Gasteiger partial charge in [-0.25, -0.2) is 9.59 Å². The van der Waals surface area contributed by atoms with Gasteiger partial charge in [-0.1, -0.05) is 0 Å². The van der Waals surface area contributed by atoms with Crippen LogP contribution in [0.25, 0.3) is 0 Å². The highest BCUT2D eigenvalue weighted by atomic mass is 16.6.